The van der Waals surface area contributed by atoms with Crippen molar-refractivity contribution in [3.63, 3.8) is 0 Å². The summed E-state index contributed by atoms with van der Waals surface area (Å²) in [5, 5.41) is 23.8. The largest absolute Gasteiger partial charge is 0.339 e. The molecule has 1 aromatic carbocycles. The summed E-state index contributed by atoms with van der Waals surface area (Å²) in [6.45, 7) is 0. The lowest BCUT2D eigenvalue weighted by molar-refractivity contribution is -0.124. The molecule has 4 atom stereocenters. The van der Waals surface area contributed by atoms with Crippen LogP contribution < -0.4 is 10.6 Å². The third kappa shape index (κ3) is 4.42. The maximum absolute atomic E-state index is 14.8. The molecule has 3 aromatic rings. The van der Waals surface area contributed by atoms with Crippen molar-refractivity contribution in [2.75, 3.05) is 0 Å². The molecule has 2 aromatic heterocycles. The lowest BCUT2D eigenvalue weighted by atomic mass is 9.98. The van der Waals surface area contributed by atoms with Gasteiger partial charge in [-0.25, -0.2) is 19.0 Å². The average molecular weight is 467 g/mol. The molecule has 0 radical (unpaired) electrons. The molecular formula is C22H20ClFN8O. The second-order valence-electron chi connectivity index (χ2n) is 8.37. The molecule has 11 heteroatoms. The molecule has 2 bridgehead atoms. The van der Waals surface area contributed by atoms with E-state index >= 15 is 0 Å². The Kier molecular flexibility index (Phi) is 5.74. The number of aromatic nitrogens is 5. The van der Waals surface area contributed by atoms with Crippen LogP contribution in [0.4, 0.5) is 4.39 Å². The second kappa shape index (κ2) is 8.84. The Morgan fingerprint density at radius 2 is 2.18 bits per heavy atom. The van der Waals surface area contributed by atoms with Crippen LogP contribution in [0.1, 0.15) is 24.8 Å². The van der Waals surface area contributed by atoms with E-state index < -0.39 is 11.9 Å². The van der Waals surface area contributed by atoms with Crippen LogP contribution in [0.2, 0.25) is 5.28 Å². The molecule has 168 valence electrons. The number of nitriles is 1. The van der Waals surface area contributed by atoms with Gasteiger partial charge in [-0.2, -0.15) is 5.26 Å². The number of nitrogens with zero attached hydrogens (tertiary/aromatic N) is 6. The van der Waals surface area contributed by atoms with Gasteiger partial charge in [0.1, 0.15) is 17.6 Å². The van der Waals surface area contributed by atoms with Gasteiger partial charge in [-0.15, -0.1) is 5.10 Å². The molecule has 9 nitrogen and oxygen atoms in total. The van der Waals surface area contributed by atoms with Crippen LogP contribution in [0.15, 0.2) is 36.8 Å². The predicted octanol–water partition coefficient (Wildman–Crippen LogP) is 2.21. The number of hydrogen-bond acceptors (Lipinski definition) is 7. The van der Waals surface area contributed by atoms with Crippen molar-refractivity contribution in [2.24, 2.45) is 5.92 Å². The number of carbonyl (C=O) groups excluding carboxylic acids is 1. The molecule has 0 unspecified atom stereocenters. The van der Waals surface area contributed by atoms with Crippen molar-refractivity contribution in [3.05, 3.63) is 53.5 Å². The molecule has 3 heterocycles. The highest BCUT2D eigenvalue weighted by atomic mass is 35.5. The molecule has 1 amide bonds. The standard InChI is InChI=1S/C22H20ClFN8O/c23-22-26-9-14(10-27-22)19-11-32(31-30-19)17-4-2-12(18(24)7-17)5-16(8-25)29-21(33)20-13-1-3-15(6-13)28-20/h2,4,7,9-11,13,15-16,20,28H,1,3,5-6H2,(H,29,33)/t13-,15+,16-,20-/m0/s1. The van der Waals surface area contributed by atoms with Gasteiger partial charge in [0.15, 0.2) is 0 Å². The van der Waals surface area contributed by atoms with Gasteiger partial charge in [0.05, 0.1) is 24.0 Å². The maximum atomic E-state index is 14.8. The topological polar surface area (TPSA) is 121 Å². The third-order valence-electron chi connectivity index (χ3n) is 6.25. The summed E-state index contributed by atoms with van der Waals surface area (Å²) in [6, 6.07) is 5.97. The molecule has 2 aliphatic rings. The fraction of sp³-hybridized carbons (Fsp3) is 0.364. The summed E-state index contributed by atoms with van der Waals surface area (Å²) in [5.41, 5.74) is 1.93. The molecule has 1 saturated carbocycles. The average Bonchev–Trinajstić information content (AvgIpc) is 3.57. The Labute approximate surface area is 194 Å². The summed E-state index contributed by atoms with van der Waals surface area (Å²) >= 11 is 5.70. The quantitative estimate of drug-likeness (QED) is 0.534. The van der Waals surface area contributed by atoms with Crippen molar-refractivity contribution in [2.45, 2.75) is 43.8 Å². The molecule has 1 aliphatic carbocycles. The first-order valence-corrected chi connectivity index (χ1v) is 11.0. The first-order valence-electron chi connectivity index (χ1n) is 10.7. The lowest BCUT2D eigenvalue weighted by Crippen LogP contribution is -2.50. The summed E-state index contributed by atoms with van der Waals surface area (Å²) in [5.74, 6) is -0.364. The minimum absolute atomic E-state index is 0.0693. The summed E-state index contributed by atoms with van der Waals surface area (Å²) in [4.78, 5) is 20.4. The Balaban J connectivity index is 1.26. The number of fused-ring (bicyclic) bond motifs is 2. The minimum atomic E-state index is -0.818. The number of amides is 1. The first kappa shape index (κ1) is 21.4. The molecule has 1 saturated heterocycles. The highest BCUT2D eigenvalue weighted by Gasteiger charge is 2.43. The van der Waals surface area contributed by atoms with Gasteiger partial charge in [-0.1, -0.05) is 11.3 Å². The van der Waals surface area contributed by atoms with E-state index in [-0.39, 0.29) is 23.7 Å². The van der Waals surface area contributed by atoms with E-state index in [2.05, 4.69) is 37.0 Å². The molecule has 1 aliphatic heterocycles. The number of piperidine rings is 1. The predicted molar refractivity (Wildman–Crippen MR) is 117 cm³/mol. The number of nitrogens with one attached hydrogen (secondary N) is 2. The zero-order chi connectivity index (χ0) is 22.9. The van der Waals surface area contributed by atoms with Crippen molar-refractivity contribution in [3.8, 4) is 23.0 Å². The van der Waals surface area contributed by atoms with Gasteiger partial charge in [0.2, 0.25) is 11.2 Å². The minimum Gasteiger partial charge on any atom is -0.339 e. The number of halogens is 2. The monoisotopic (exact) mass is 466 g/mol. The Morgan fingerprint density at radius 1 is 1.36 bits per heavy atom. The van der Waals surface area contributed by atoms with E-state index in [1.54, 1.807) is 18.3 Å². The van der Waals surface area contributed by atoms with Gasteiger partial charge < -0.3 is 10.6 Å². The van der Waals surface area contributed by atoms with Crippen molar-refractivity contribution >= 4 is 17.5 Å². The van der Waals surface area contributed by atoms with Crippen LogP contribution in [0, 0.1) is 23.1 Å². The Bertz CT molecular complexity index is 1220. The van der Waals surface area contributed by atoms with Crippen LogP contribution in [-0.4, -0.2) is 49.0 Å². The molecular weight excluding hydrogens is 447 g/mol. The normalized spacial score (nSPS) is 22.2. The second-order valence-corrected chi connectivity index (χ2v) is 8.71. The maximum Gasteiger partial charge on any atom is 0.238 e. The number of benzene rings is 1. The highest BCUT2D eigenvalue weighted by molar-refractivity contribution is 6.28. The Morgan fingerprint density at radius 3 is 2.85 bits per heavy atom. The van der Waals surface area contributed by atoms with Gasteiger partial charge in [0.25, 0.3) is 0 Å². The number of hydrogen-bond donors (Lipinski definition) is 2. The van der Waals surface area contributed by atoms with Crippen LogP contribution in [0.3, 0.4) is 0 Å². The van der Waals surface area contributed by atoms with Crippen molar-refractivity contribution < 1.29 is 9.18 Å². The molecule has 33 heavy (non-hydrogen) atoms. The van der Waals surface area contributed by atoms with Crippen molar-refractivity contribution in [1.82, 2.24) is 35.6 Å². The fourth-order valence-electron chi connectivity index (χ4n) is 4.57. The number of carbonyl (C=O) groups is 1. The number of rotatable bonds is 6. The lowest BCUT2D eigenvalue weighted by Gasteiger charge is -2.23. The van der Waals surface area contributed by atoms with E-state index in [0.29, 0.717) is 34.5 Å². The van der Waals surface area contributed by atoms with Crippen LogP contribution in [-0.2, 0) is 11.2 Å². The smallest absolute Gasteiger partial charge is 0.238 e. The van der Waals surface area contributed by atoms with E-state index in [9.17, 15) is 14.4 Å². The van der Waals surface area contributed by atoms with Gasteiger partial charge in [0, 0.05) is 30.4 Å². The first-order chi connectivity index (χ1) is 16.0. The van der Waals surface area contributed by atoms with E-state index in [4.69, 9.17) is 11.6 Å². The molecule has 2 fully saturated rings. The zero-order valence-electron chi connectivity index (χ0n) is 17.4. The zero-order valence-corrected chi connectivity index (χ0v) is 18.2. The molecule has 5 rings (SSSR count). The fourth-order valence-corrected chi connectivity index (χ4v) is 4.67. The molecule has 2 N–H and O–H groups in total. The Hall–Kier alpha value is -3.42. The summed E-state index contributed by atoms with van der Waals surface area (Å²) in [7, 11) is 0. The summed E-state index contributed by atoms with van der Waals surface area (Å²) < 4.78 is 16.3. The highest BCUT2D eigenvalue weighted by Crippen LogP contribution is 2.35. The van der Waals surface area contributed by atoms with Gasteiger partial charge >= 0.3 is 0 Å². The van der Waals surface area contributed by atoms with E-state index in [0.717, 1.165) is 19.3 Å². The van der Waals surface area contributed by atoms with Gasteiger partial charge in [-0.05, 0) is 54.5 Å². The van der Waals surface area contributed by atoms with E-state index in [1.165, 1.54) is 23.1 Å². The third-order valence-corrected chi connectivity index (χ3v) is 6.44. The van der Waals surface area contributed by atoms with Crippen molar-refractivity contribution in [1.29, 1.82) is 5.26 Å². The molecule has 0 spiro atoms. The van der Waals surface area contributed by atoms with Crippen LogP contribution in [0.25, 0.3) is 16.9 Å². The van der Waals surface area contributed by atoms with Gasteiger partial charge in [-0.3, -0.25) is 4.79 Å². The van der Waals surface area contributed by atoms with Crippen LogP contribution >= 0.6 is 11.6 Å². The van der Waals surface area contributed by atoms with Crippen LogP contribution in [0.5, 0.6) is 0 Å². The summed E-state index contributed by atoms with van der Waals surface area (Å²) in [6.07, 6.45) is 7.86. The SMILES string of the molecule is N#C[C@H](Cc1ccc(-n2cc(-c3cnc(Cl)nc3)nn2)cc1F)NC(=O)[C@H]1N[C@@H]2CC[C@H]1C2. The van der Waals surface area contributed by atoms with E-state index in [1.807, 2.05) is 0 Å².